The highest BCUT2D eigenvalue weighted by Gasteiger charge is 2.31. The van der Waals surface area contributed by atoms with Crippen LogP contribution in [0.4, 0.5) is 0 Å². The van der Waals surface area contributed by atoms with Crippen molar-refractivity contribution in [1.82, 2.24) is 10.6 Å². The van der Waals surface area contributed by atoms with Crippen molar-refractivity contribution < 1.29 is 0 Å². The predicted octanol–water partition coefficient (Wildman–Crippen LogP) is -0.291. The summed E-state index contributed by atoms with van der Waals surface area (Å²) in [6.45, 7) is 6.12. The minimum absolute atomic E-state index is 0. The molecule has 3 nitrogen and oxygen atoms in total. The zero-order valence-corrected chi connectivity index (χ0v) is 7.84. The van der Waals surface area contributed by atoms with Crippen LogP contribution in [-0.4, -0.2) is 31.7 Å². The van der Waals surface area contributed by atoms with E-state index in [9.17, 15) is 0 Å². The Balaban J connectivity index is 0.000001000. The summed E-state index contributed by atoms with van der Waals surface area (Å²) in [5, 5.41) is 6.48. The third-order valence-corrected chi connectivity index (χ3v) is 1.86. The summed E-state index contributed by atoms with van der Waals surface area (Å²) in [7, 11) is 0. The molecule has 1 aliphatic rings. The molecular formula is C7H18ClN3. The molecule has 4 heteroatoms. The second-order valence-corrected chi connectivity index (χ2v) is 3.14. The molecule has 0 unspecified atom stereocenters. The van der Waals surface area contributed by atoms with Gasteiger partial charge in [-0.25, -0.2) is 0 Å². The van der Waals surface area contributed by atoms with Crippen LogP contribution in [0.25, 0.3) is 0 Å². The molecule has 4 N–H and O–H groups in total. The predicted molar refractivity (Wildman–Crippen MR) is 50.2 cm³/mol. The average molecular weight is 180 g/mol. The van der Waals surface area contributed by atoms with Gasteiger partial charge in [0.05, 0.1) is 5.54 Å². The quantitative estimate of drug-likeness (QED) is 0.520. The maximum absolute atomic E-state index is 5.92. The van der Waals surface area contributed by atoms with Crippen molar-refractivity contribution in [3.8, 4) is 0 Å². The molecule has 0 atom stereocenters. The minimum Gasteiger partial charge on any atom is -0.322 e. The fraction of sp³-hybridized carbons (Fsp3) is 1.00. The van der Waals surface area contributed by atoms with Crippen molar-refractivity contribution in [2.24, 2.45) is 5.73 Å². The van der Waals surface area contributed by atoms with Gasteiger partial charge in [0.2, 0.25) is 0 Å². The van der Waals surface area contributed by atoms with Crippen LogP contribution in [0.15, 0.2) is 0 Å². The maximum Gasteiger partial charge on any atom is 0.0533 e. The van der Waals surface area contributed by atoms with E-state index in [0.717, 1.165) is 26.2 Å². The van der Waals surface area contributed by atoms with E-state index in [-0.39, 0.29) is 17.9 Å². The van der Waals surface area contributed by atoms with Gasteiger partial charge in [0, 0.05) is 19.6 Å². The van der Waals surface area contributed by atoms with Crippen LogP contribution in [0.2, 0.25) is 0 Å². The Labute approximate surface area is 74.5 Å². The van der Waals surface area contributed by atoms with Gasteiger partial charge in [-0.15, -0.1) is 12.4 Å². The highest BCUT2D eigenvalue weighted by Crippen LogP contribution is 2.03. The van der Waals surface area contributed by atoms with Crippen molar-refractivity contribution >= 4 is 12.4 Å². The molecule has 0 radical (unpaired) electrons. The molecule has 0 aromatic carbocycles. The third kappa shape index (κ3) is 3.38. The molecule has 0 aliphatic carbocycles. The maximum atomic E-state index is 5.92. The minimum atomic E-state index is 0. The van der Waals surface area contributed by atoms with Crippen LogP contribution >= 0.6 is 12.4 Å². The van der Waals surface area contributed by atoms with Crippen LogP contribution < -0.4 is 16.4 Å². The standard InChI is InChI=1S/C7H17N3.ClH/c1-2-3-9-4-7(8)5-10-6-7;/h9-10H,2-6,8H2,1H3;1H. The molecule has 0 aromatic heterocycles. The van der Waals surface area contributed by atoms with E-state index in [1.165, 1.54) is 6.42 Å². The highest BCUT2D eigenvalue weighted by molar-refractivity contribution is 5.85. The van der Waals surface area contributed by atoms with Gasteiger partial charge in [-0.3, -0.25) is 0 Å². The van der Waals surface area contributed by atoms with Crippen molar-refractivity contribution in [1.29, 1.82) is 0 Å². The monoisotopic (exact) mass is 179 g/mol. The molecule has 1 fully saturated rings. The van der Waals surface area contributed by atoms with Gasteiger partial charge in [-0.2, -0.15) is 0 Å². The van der Waals surface area contributed by atoms with E-state index in [2.05, 4.69) is 17.6 Å². The molecule has 0 bridgehead atoms. The van der Waals surface area contributed by atoms with E-state index in [0.29, 0.717) is 0 Å². The molecule has 1 aliphatic heterocycles. The summed E-state index contributed by atoms with van der Waals surface area (Å²) in [5.74, 6) is 0. The van der Waals surface area contributed by atoms with Crippen LogP contribution in [0.3, 0.4) is 0 Å². The molecular weight excluding hydrogens is 162 g/mol. The molecule has 11 heavy (non-hydrogen) atoms. The zero-order chi connectivity index (χ0) is 7.45. The smallest absolute Gasteiger partial charge is 0.0533 e. The van der Waals surface area contributed by atoms with E-state index < -0.39 is 0 Å². The first-order valence-electron chi connectivity index (χ1n) is 3.97. The Morgan fingerprint density at radius 1 is 1.55 bits per heavy atom. The molecule has 1 saturated heterocycles. The number of hydrogen-bond donors (Lipinski definition) is 3. The van der Waals surface area contributed by atoms with Crippen LogP contribution in [0.1, 0.15) is 13.3 Å². The fourth-order valence-corrected chi connectivity index (χ4v) is 1.09. The lowest BCUT2D eigenvalue weighted by atomic mass is 9.94. The summed E-state index contributed by atoms with van der Waals surface area (Å²) >= 11 is 0. The third-order valence-electron chi connectivity index (χ3n) is 1.86. The largest absolute Gasteiger partial charge is 0.322 e. The van der Waals surface area contributed by atoms with Crippen molar-refractivity contribution in [3.63, 3.8) is 0 Å². The molecule has 0 amide bonds. The van der Waals surface area contributed by atoms with E-state index >= 15 is 0 Å². The summed E-state index contributed by atoms with van der Waals surface area (Å²) in [6, 6.07) is 0. The van der Waals surface area contributed by atoms with Crippen LogP contribution in [-0.2, 0) is 0 Å². The lowest BCUT2D eigenvalue weighted by molar-refractivity contribution is 0.270. The highest BCUT2D eigenvalue weighted by atomic mass is 35.5. The van der Waals surface area contributed by atoms with Gasteiger partial charge in [-0.05, 0) is 13.0 Å². The Kier molecular flexibility index (Phi) is 5.01. The molecule has 1 rings (SSSR count). The molecule has 0 aromatic rings. The van der Waals surface area contributed by atoms with Crippen molar-refractivity contribution in [2.45, 2.75) is 18.9 Å². The topological polar surface area (TPSA) is 50.1 Å². The van der Waals surface area contributed by atoms with Crippen LogP contribution in [0, 0.1) is 0 Å². The first kappa shape index (κ1) is 11.2. The Morgan fingerprint density at radius 3 is 2.55 bits per heavy atom. The molecule has 0 spiro atoms. The van der Waals surface area contributed by atoms with Gasteiger partial charge >= 0.3 is 0 Å². The number of hydrogen-bond acceptors (Lipinski definition) is 3. The van der Waals surface area contributed by atoms with Crippen LogP contribution in [0.5, 0.6) is 0 Å². The number of nitrogens with one attached hydrogen (secondary N) is 2. The summed E-state index contributed by atoms with van der Waals surface area (Å²) in [6.07, 6.45) is 1.18. The normalized spacial score (nSPS) is 20.2. The van der Waals surface area contributed by atoms with Gasteiger partial charge in [0.1, 0.15) is 0 Å². The lowest BCUT2D eigenvalue weighted by Crippen LogP contribution is -2.69. The van der Waals surface area contributed by atoms with E-state index in [4.69, 9.17) is 5.73 Å². The van der Waals surface area contributed by atoms with Crippen molar-refractivity contribution in [3.05, 3.63) is 0 Å². The zero-order valence-electron chi connectivity index (χ0n) is 7.02. The molecule has 68 valence electrons. The van der Waals surface area contributed by atoms with Gasteiger partial charge in [0.15, 0.2) is 0 Å². The number of nitrogens with two attached hydrogens (primary N) is 1. The van der Waals surface area contributed by atoms with Gasteiger partial charge in [-0.1, -0.05) is 6.92 Å². The second-order valence-electron chi connectivity index (χ2n) is 3.14. The fourth-order valence-electron chi connectivity index (χ4n) is 1.09. The summed E-state index contributed by atoms with van der Waals surface area (Å²) in [4.78, 5) is 0. The Bertz CT molecular complexity index is 104. The Morgan fingerprint density at radius 2 is 2.18 bits per heavy atom. The number of halogens is 1. The van der Waals surface area contributed by atoms with Gasteiger partial charge < -0.3 is 16.4 Å². The van der Waals surface area contributed by atoms with E-state index in [1.54, 1.807) is 0 Å². The summed E-state index contributed by atoms with van der Waals surface area (Å²) < 4.78 is 0. The van der Waals surface area contributed by atoms with Gasteiger partial charge in [0.25, 0.3) is 0 Å². The average Bonchev–Trinajstić information content (AvgIpc) is 1.85. The first-order chi connectivity index (χ1) is 4.77. The molecule has 1 heterocycles. The lowest BCUT2D eigenvalue weighted by Gasteiger charge is -2.39. The van der Waals surface area contributed by atoms with Crippen molar-refractivity contribution in [2.75, 3.05) is 26.2 Å². The summed E-state index contributed by atoms with van der Waals surface area (Å²) in [5.41, 5.74) is 5.97. The number of rotatable bonds is 4. The van der Waals surface area contributed by atoms with E-state index in [1.807, 2.05) is 0 Å². The Hall–Kier alpha value is 0.170. The molecule has 0 saturated carbocycles. The second kappa shape index (κ2) is 4.93. The SMILES string of the molecule is CCCNCC1(N)CNC1.Cl. The first-order valence-corrected chi connectivity index (χ1v) is 3.97.